The molecule has 3 heteroatoms. The van der Waals surface area contributed by atoms with Gasteiger partial charge < -0.3 is 0 Å². The molecule has 0 atom stereocenters. The monoisotopic (exact) mass is 232 g/mol. The molecule has 0 rings (SSSR count). The third-order valence-corrected chi connectivity index (χ3v) is 11.3. The van der Waals surface area contributed by atoms with Gasteiger partial charge in [0.2, 0.25) is 0 Å². The summed E-state index contributed by atoms with van der Waals surface area (Å²) in [5.41, 5.74) is 0. The van der Waals surface area contributed by atoms with E-state index < -0.39 is 12.3 Å². The van der Waals surface area contributed by atoms with Gasteiger partial charge in [0.05, 0.1) is 0 Å². The molecule has 0 radical (unpaired) electrons. The first-order valence-electron chi connectivity index (χ1n) is 1.81. The molecule has 0 heterocycles. The Kier molecular flexibility index (Phi) is 3.14. The number of hydrogen-bond donors (Lipinski definition) is 0. The van der Waals surface area contributed by atoms with Crippen LogP contribution in [0.5, 0.6) is 0 Å². The Labute approximate surface area is 53.9 Å². The summed E-state index contributed by atoms with van der Waals surface area (Å²) in [6.07, 6.45) is 0. The molecule has 0 aliphatic rings. The maximum absolute atomic E-state index is 5.86. The molecule has 0 aromatic rings. The van der Waals surface area contributed by atoms with Gasteiger partial charge in [-0.2, -0.15) is 0 Å². The molecular formula is C3H8BrClGe. The Bertz CT molecular complexity index is 40.5. The van der Waals surface area contributed by atoms with Crippen molar-refractivity contribution in [3.63, 3.8) is 0 Å². The summed E-state index contributed by atoms with van der Waals surface area (Å²) < 4.78 is 1.04. The molecule has 0 N–H and O–H groups in total. The Morgan fingerprint density at radius 2 is 1.83 bits per heavy atom. The van der Waals surface area contributed by atoms with E-state index in [2.05, 4.69) is 27.4 Å². The normalized spacial score (nSPS) is 12.0. The van der Waals surface area contributed by atoms with Gasteiger partial charge in [-0.25, -0.2) is 0 Å². The van der Waals surface area contributed by atoms with Crippen molar-refractivity contribution in [3.8, 4) is 0 Å². The molecule has 0 saturated carbocycles. The van der Waals surface area contributed by atoms with Crippen LogP contribution in [0.3, 0.4) is 0 Å². The molecule has 38 valence electrons. The summed E-state index contributed by atoms with van der Waals surface area (Å²) in [6.45, 7) is 0. The minimum absolute atomic E-state index is 1.04. The van der Waals surface area contributed by atoms with E-state index in [1.807, 2.05) is 0 Å². The van der Waals surface area contributed by atoms with E-state index in [4.69, 9.17) is 10.0 Å². The van der Waals surface area contributed by atoms with Crippen LogP contribution in [0, 0.1) is 0 Å². The third kappa shape index (κ3) is 5.31. The predicted octanol–water partition coefficient (Wildman–Crippen LogP) is 2.36. The summed E-state index contributed by atoms with van der Waals surface area (Å²) in [4.78, 5) is 0. The molecule has 0 bridgehead atoms. The molecule has 0 fully saturated rings. The van der Waals surface area contributed by atoms with Crippen molar-refractivity contribution in [1.82, 2.24) is 0 Å². The van der Waals surface area contributed by atoms with E-state index in [-0.39, 0.29) is 0 Å². The van der Waals surface area contributed by atoms with Crippen LogP contribution in [0.15, 0.2) is 0 Å². The van der Waals surface area contributed by atoms with Crippen molar-refractivity contribution in [2.75, 3.05) is 4.16 Å². The molecule has 6 heavy (non-hydrogen) atoms. The van der Waals surface area contributed by atoms with Gasteiger partial charge in [0, 0.05) is 0 Å². The van der Waals surface area contributed by atoms with E-state index in [1.54, 1.807) is 0 Å². The molecule has 0 amide bonds. The van der Waals surface area contributed by atoms with Crippen LogP contribution in [0.2, 0.25) is 11.5 Å². The first kappa shape index (κ1) is 7.31. The maximum atomic E-state index is 5.86. The number of alkyl halides is 1. The molecule has 0 aromatic heterocycles. The van der Waals surface area contributed by atoms with Gasteiger partial charge in [-0.15, -0.1) is 0 Å². The summed E-state index contributed by atoms with van der Waals surface area (Å²) >= 11 is 1.67. The van der Waals surface area contributed by atoms with Gasteiger partial charge in [-0.1, -0.05) is 0 Å². The van der Waals surface area contributed by atoms with Crippen LogP contribution in [0.1, 0.15) is 0 Å². The summed E-state index contributed by atoms with van der Waals surface area (Å²) in [5.74, 6) is 4.30. The topological polar surface area (TPSA) is 0 Å². The number of halogens is 2. The quantitative estimate of drug-likeness (QED) is 0.481. The Hall–Kier alpha value is 1.31. The Morgan fingerprint density at radius 1 is 1.67 bits per heavy atom. The van der Waals surface area contributed by atoms with E-state index in [0.717, 1.165) is 4.16 Å². The van der Waals surface area contributed by atoms with E-state index in [1.165, 1.54) is 0 Å². The summed E-state index contributed by atoms with van der Waals surface area (Å²) in [6, 6.07) is 0. The van der Waals surface area contributed by atoms with Crippen LogP contribution in [0.25, 0.3) is 0 Å². The second-order valence-corrected chi connectivity index (χ2v) is 17.9. The fourth-order valence-electron chi connectivity index (χ4n) is 0. The van der Waals surface area contributed by atoms with Gasteiger partial charge in [-0.05, 0) is 0 Å². The molecule has 0 unspecified atom stereocenters. The zero-order valence-corrected chi connectivity index (χ0v) is 8.40. The zero-order valence-electron chi connectivity index (χ0n) is 3.96. The molecule has 0 aliphatic heterocycles. The van der Waals surface area contributed by atoms with Crippen molar-refractivity contribution in [2.24, 2.45) is 0 Å². The molecule has 0 spiro atoms. The standard InChI is InChI=1S/C3H8BrClGe/c1-6(2,5)3-4/h3H2,1-2H3. The zero-order chi connectivity index (χ0) is 5.21. The fourth-order valence-corrected chi connectivity index (χ4v) is 0. The molecule has 0 aromatic carbocycles. The SMILES string of the molecule is [CH3][Ge]([CH3])([Cl])[CH2]Br. The van der Waals surface area contributed by atoms with Crippen molar-refractivity contribution in [1.29, 1.82) is 0 Å². The van der Waals surface area contributed by atoms with E-state index in [9.17, 15) is 0 Å². The third-order valence-electron chi connectivity index (χ3n) is 0.318. The van der Waals surface area contributed by atoms with Crippen LogP contribution in [0.4, 0.5) is 0 Å². The van der Waals surface area contributed by atoms with Crippen molar-refractivity contribution in [3.05, 3.63) is 0 Å². The van der Waals surface area contributed by atoms with E-state index in [0.29, 0.717) is 0 Å². The van der Waals surface area contributed by atoms with Crippen molar-refractivity contribution < 1.29 is 0 Å². The fraction of sp³-hybridized carbons (Fsp3) is 1.00. The minimum atomic E-state index is -1.65. The van der Waals surface area contributed by atoms with E-state index >= 15 is 0 Å². The van der Waals surface area contributed by atoms with Crippen LogP contribution < -0.4 is 0 Å². The summed E-state index contributed by atoms with van der Waals surface area (Å²) in [5, 5.41) is 0. The number of hydrogen-bond acceptors (Lipinski definition) is 0. The van der Waals surface area contributed by atoms with Gasteiger partial charge in [-0.3, -0.25) is 0 Å². The average Bonchev–Trinajstić information content (AvgIpc) is 1.35. The molecule has 0 aliphatic carbocycles. The van der Waals surface area contributed by atoms with Crippen LogP contribution in [-0.4, -0.2) is 16.5 Å². The predicted molar refractivity (Wildman–Crippen MR) is 37.1 cm³/mol. The average molecular weight is 232 g/mol. The Balaban J connectivity index is 3.17. The Morgan fingerprint density at radius 3 is 1.83 bits per heavy atom. The second kappa shape index (κ2) is 2.58. The summed E-state index contributed by atoms with van der Waals surface area (Å²) in [7, 11) is 5.86. The number of rotatable bonds is 1. The molecule has 0 nitrogen and oxygen atoms in total. The van der Waals surface area contributed by atoms with Crippen molar-refractivity contribution in [2.45, 2.75) is 11.5 Å². The first-order chi connectivity index (χ1) is 2.56. The van der Waals surface area contributed by atoms with Crippen molar-refractivity contribution >= 4 is 38.3 Å². The van der Waals surface area contributed by atoms with Gasteiger partial charge in [0.15, 0.2) is 0 Å². The van der Waals surface area contributed by atoms with Gasteiger partial charge in [0.25, 0.3) is 0 Å². The first-order valence-corrected chi connectivity index (χ1v) is 11.4. The van der Waals surface area contributed by atoms with Gasteiger partial charge in [0.1, 0.15) is 0 Å². The van der Waals surface area contributed by atoms with Gasteiger partial charge >= 0.3 is 54.0 Å². The van der Waals surface area contributed by atoms with Crippen LogP contribution >= 0.6 is 25.9 Å². The van der Waals surface area contributed by atoms with Crippen LogP contribution in [-0.2, 0) is 0 Å². The molecular weight excluding hydrogens is 224 g/mol. The molecule has 0 saturated heterocycles. The second-order valence-electron chi connectivity index (χ2n) is 1.85.